The van der Waals surface area contributed by atoms with Gasteiger partial charge in [0.25, 0.3) is 0 Å². The molecule has 1 heterocycles. The van der Waals surface area contributed by atoms with Crippen LogP contribution < -0.4 is 10.9 Å². The van der Waals surface area contributed by atoms with Gasteiger partial charge in [0.1, 0.15) is 0 Å². The van der Waals surface area contributed by atoms with E-state index in [0.717, 1.165) is 25.7 Å². The van der Waals surface area contributed by atoms with Gasteiger partial charge in [-0.2, -0.15) is 0 Å². The van der Waals surface area contributed by atoms with Gasteiger partial charge >= 0.3 is 5.63 Å². The molecule has 0 atom stereocenters. The predicted octanol–water partition coefficient (Wildman–Crippen LogP) is 5.01. The van der Waals surface area contributed by atoms with Crippen LogP contribution in [0.2, 0.25) is 0 Å². The molecule has 0 unspecified atom stereocenters. The van der Waals surface area contributed by atoms with Crippen molar-refractivity contribution in [1.29, 1.82) is 0 Å². The van der Waals surface area contributed by atoms with Crippen molar-refractivity contribution in [2.75, 3.05) is 5.32 Å². The molecule has 5 heteroatoms. The van der Waals surface area contributed by atoms with E-state index in [9.17, 15) is 9.59 Å². The molecule has 0 saturated carbocycles. The molecule has 27 heavy (non-hydrogen) atoms. The molecule has 0 bridgehead atoms. The highest BCUT2D eigenvalue weighted by Gasteiger charge is 2.17. The summed E-state index contributed by atoms with van der Waals surface area (Å²) in [7, 11) is 0. The number of carbonyl (C=O) groups excluding carboxylic acids is 1. The SMILES string of the molecule is CCCC(CCC)C(=O)Nc1cccc(-c2nc3ccccc3c(=O)o2)c1. The van der Waals surface area contributed by atoms with Gasteiger partial charge < -0.3 is 9.73 Å². The van der Waals surface area contributed by atoms with E-state index in [0.29, 0.717) is 22.2 Å². The van der Waals surface area contributed by atoms with Crippen molar-refractivity contribution >= 4 is 22.5 Å². The minimum Gasteiger partial charge on any atom is -0.403 e. The maximum Gasteiger partial charge on any atom is 0.347 e. The number of hydrogen-bond acceptors (Lipinski definition) is 4. The third-order valence-electron chi connectivity index (χ3n) is 4.56. The van der Waals surface area contributed by atoms with Gasteiger partial charge in [-0.3, -0.25) is 4.79 Å². The van der Waals surface area contributed by atoms with Crippen LogP contribution in [0.5, 0.6) is 0 Å². The van der Waals surface area contributed by atoms with Crippen molar-refractivity contribution in [3.63, 3.8) is 0 Å². The first-order chi connectivity index (χ1) is 13.1. The number of nitrogens with zero attached hydrogens (tertiary/aromatic N) is 1. The van der Waals surface area contributed by atoms with Gasteiger partial charge in [0.05, 0.1) is 10.9 Å². The third-order valence-corrected chi connectivity index (χ3v) is 4.56. The molecule has 0 aliphatic heterocycles. The minimum absolute atomic E-state index is 0.0142. The maximum atomic E-state index is 12.6. The third kappa shape index (κ3) is 4.42. The molecule has 3 aromatic rings. The molecule has 1 N–H and O–H groups in total. The minimum atomic E-state index is -0.420. The van der Waals surface area contributed by atoms with Crippen LogP contribution in [0.15, 0.2) is 57.7 Å². The second-order valence-corrected chi connectivity index (χ2v) is 6.67. The molecule has 0 saturated heterocycles. The Hall–Kier alpha value is -2.95. The molecule has 2 aromatic carbocycles. The van der Waals surface area contributed by atoms with Crippen LogP contribution in [-0.2, 0) is 4.79 Å². The van der Waals surface area contributed by atoms with Crippen LogP contribution in [-0.4, -0.2) is 10.9 Å². The number of amides is 1. The monoisotopic (exact) mass is 364 g/mol. The zero-order chi connectivity index (χ0) is 19.2. The molecule has 0 spiro atoms. The molecule has 1 aromatic heterocycles. The molecular weight excluding hydrogens is 340 g/mol. The van der Waals surface area contributed by atoms with Gasteiger partial charge in [0.2, 0.25) is 11.8 Å². The lowest BCUT2D eigenvalue weighted by molar-refractivity contribution is -0.120. The van der Waals surface area contributed by atoms with Gasteiger partial charge in [-0.15, -0.1) is 0 Å². The lowest BCUT2D eigenvalue weighted by Crippen LogP contribution is -2.22. The average molecular weight is 364 g/mol. The summed E-state index contributed by atoms with van der Waals surface area (Å²) >= 11 is 0. The van der Waals surface area contributed by atoms with Crippen LogP contribution in [0.25, 0.3) is 22.4 Å². The number of rotatable bonds is 7. The zero-order valence-corrected chi connectivity index (χ0v) is 15.7. The largest absolute Gasteiger partial charge is 0.403 e. The van der Waals surface area contributed by atoms with E-state index in [4.69, 9.17) is 4.42 Å². The van der Waals surface area contributed by atoms with Gasteiger partial charge in [-0.1, -0.05) is 44.9 Å². The molecule has 3 rings (SSSR count). The van der Waals surface area contributed by atoms with Crippen molar-refractivity contribution in [2.24, 2.45) is 5.92 Å². The standard InChI is InChI=1S/C22H24N2O3/c1-3-8-15(9-4-2)20(25)23-17-11-7-10-16(14-17)21-24-19-13-6-5-12-18(19)22(26)27-21/h5-7,10-15H,3-4,8-9H2,1-2H3,(H,23,25). The number of hydrogen-bond donors (Lipinski definition) is 1. The van der Waals surface area contributed by atoms with Crippen molar-refractivity contribution in [2.45, 2.75) is 39.5 Å². The van der Waals surface area contributed by atoms with E-state index in [1.54, 1.807) is 24.3 Å². The Morgan fingerprint density at radius 3 is 2.56 bits per heavy atom. The van der Waals surface area contributed by atoms with Crippen LogP contribution >= 0.6 is 0 Å². The predicted molar refractivity (Wildman–Crippen MR) is 108 cm³/mol. The smallest absolute Gasteiger partial charge is 0.347 e. The fourth-order valence-corrected chi connectivity index (χ4v) is 3.22. The van der Waals surface area contributed by atoms with Crippen molar-refractivity contribution < 1.29 is 9.21 Å². The summed E-state index contributed by atoms with van der Waals surface area (Å²) < 4.78 is 5.38. The normalized spacial score (nSPS) is 11.1. The molecular formula is C22H24N2O3. The highest BCUT2D eigenvalue weighted by molar-refractivity contribution is 5.93. The fraction of sp³-hybridized carbons (Fsp3) is 0.318. The van der Waals surface area contributed by atoms with Gasteiger partial charge in [0, 0.05) is 17.2 Å². The van der Waals surface area contributed by atoms with E-state index in [1.165, 1.54) is 0 Å². The van der Waals surface area contributed by atoms with Crippen molar-refractivity contribution in [3.8, 4) is 11.5 Å². The Balaban J connectivity index is 1.87. The summed E-state index contributed by atoms with van der Waals surface area (Å²) in [5.74, 6) is 0.289. The number of fused-ring (bicyclic) bond motifs is 1. The zero-order valence-electron chi connectivity index (χ0n) is 15.7. The van der Waals surface area contributed by atoms with Crippen LogP contribution in [0.3, 0.4) is 0 Å². The molecule has 0 radical (unpaired) electrons. The van der Waals surface area contributed by atoms with Gasteiger partial charge in [0.15, 0.2) is 0 Å². The topological polar surface area (TPSA) is 72.2 Å². The van der Waals surface area contributed by atoms with E-state index in [2.05, 4.69) is 24.1 Å². The summed E-state index contributed by atoms with van der Waals surface area (Å²) in [5, 5.41) is 3.44. The summed E-state index contributed by atoms with van der Waals surface area (Å²) in [6, 6.07) is 14.3. The Kier molecular flexibility index (Phi) is 6.01. The molecule has 140 valence electrons. The first kappa shape index (κ1) is 18.8. The molecule has 1 amide bonds. The summed E-state index contributed by atoms with van der Waals surface area (Å²) in [4.78, 5) is 29.2. The lowest BCUT2D eigenvalue weighted by Gasteiger charge is -2.15. The molecule has 0 aliphatic rings. The van der Waals surface area contributed by atoms with E-state index in [-0.39, 0.29) is 17.7 Å². The number of para-hydroxylation sites is 1. The number of aromatic nitrogens is 1. The number of nitrogens with one attached hydrogen (secondary N) is 1. The second kappa shape index (κ2) is 8.62. The van der Waals surface area contributed by atoms with Crippen LogP contribution in [0.1, 0.15) is 39.5 Å². The van der Waals surface area contributed by atoms with Crippen LogP contribution in [0, 0.1) is 5.92 Å². The van der Waals surface area contributed by atoms with Gasteiger partial charge in [-0.05, 0) is 43.2 Å². The summed E-state index contributed by atoms with van der Waals surface area (Å²) in [5.41, 5.74) is 1.49. The Morgan fingerprint density at radius 2 is 1.81 bits per heavy atom. The maximum absolute atomic E-state index is 12.6. The highest BCUT2D eigenvalue weighted by Crippen LogP contribution is 2.23. The van der Waals surface area contributed by atoms with Gasteiger partial charge in [-0.25, -0.2) is 9.78 Å². The molecule has 5 nitrogen and oxygen atoms in total. The van der Waals surface area contributed by atoms with Crippen LogP contribution in [0.4, 0.5) is 5.69 Å². The lowest BCUT2D eigenvalue weighted by atomic mass is 9.97. The first-order valence-corrected chi connectivity index (χ1v) is 9.43. The Morgan fingerprint density at radius 1 is 1.07 bits per heavy atom. The van der Waals surface area contributed by atoms with E-state index < -0.39 is 5.63 Å². The Labute approximate surface area is 158 Å². The quantitative estimate of drug-likeness (QED) is 0.639. The van der Waals surface area contributed by atoms with Crippen molar-refractivity contribution in [1.82, 2.24) is 4.98 Å². The second-order valence-electron chi connectivity index (χ2n) is 6.67. The Bertz CT molecular complexity index is 988. The molecule has 0 aliphatic carbocycles. The highest BCUT2D eigenvalue weighted by atomic mass is 16.4. The molecule has 0 fully saturated rings. The number of carbonyl (C=O) groups is 1. The fourth-order valence-electron chi connectivity index (χ4n) is 3.22. The average Bonchev–Trinajstić information content (AvgIpc) is 2.68. The van der Waals surface area contributed by atoms with Crippen molar-refractivity contribution in [3.05, 3.63) is 59.0 Å². The van der Waals surface area contributed by atoms with E-state index in [1.807, 2.05) is 24.3 Å². The summed E-state index contributed by atoms with van der Waals surface area (Å²) in [6.45, 7) is 4.17. The summed E-state index contributed by atoms with van der Waals surface area (Å²) in [6.07, 6.45) is 3.70. The first-order valence-electron chi connectivity index (χ1n) is 9.43. The number of anilines is 1. The number of benzene rings is 2. The van der Waals surface area contributed by atoms with E-state index >= 15 is 0 Å².